The smallest absolute Gasteiger partial charge is 0.226 e. The molecule has 0 radical (unpaired) electrons. The molecule has 0 saturated carbocycles. The molecule has 1 atom stereocenters. The average Bonchev–Trinajstić information content (AvgIpc) is 3.30. The van der Waals surface area contributed by atoms with Crippen LogP contribution in [-0.2, 0) is 33.8 Å². The highest BCUT2D eigenvalue weighted by Gasteiger charge is 2.22. The monoisotopic (exact) mass is 501 g/mol. The number of benzene rings is 3. The molecule has 0 unspecified atom stereocenters. The Morgan fingerprint density at radius 2 is 1.59 bits per heavy atom. The molecular weight excluding hydrogens is 473 g/mol. The quantitative estimate of drug-likeness (QED) is 0.293. The van der Waals surface area contributed by atoms with E-state index in [1.165, 1.54) is 12.1 Å². The van der Waals surface area contributed by atoms with Gasteiger partial charge in [0.05, 0.1) is 19.6 Å². The van der Waals surface area contributed by atoms with Crippen LogP contribution >= 0.6 is 0 Å². The maximum atomic E-state index is 13.2. The van der Waals surface area contributed by atoms with E-state index in [0.717, 1.165) is 11.1 Å². The summed E-state index contributed by atoms with van der Waals surface area (Å²) in [6, 6.07) is 21.6. The van der Waals surface area contributed by atoms with Crippen molar-refractivity contribution in [3.8, 4) is 11.5 Å². The van der Waals surface area contributed by atoms with Gasteiger partial charge in [0, 0.05) is 18.3 Å². The zero-order chi connectivity index (χ0) is 26.0. The Morgan fingerprint density at radius 1 is 0.919 bits per heavy atom. The van der Waals surface area contributed by atoms with Crippen molar-refractivity contribution in [1.82, 2.24) is 15.3 Å². The lowest BCUT2D eigenvalue weighted by Crippen LogP contribution is -2.45. The normalized spacial score (nSPS) is 11.6. The maximum absolute atomic E-state index is 13.2. The van der Waals surface area contributed by atoms with Crippen molar-refractivity contribution in [3.05, 3.63) is 114 Å². The van der Waals surface area contributed by atoms with E-state index in [4.69, 9.17) is 9.47 Å². The summed E-state index contributed by atoms with van der Waals surface area (Å²) >= 11 is 0. The van der Waals surface area contributed by atoms with Gasteiger partial charge in [-0.1, -0.05) is 42.5 Å². The molecule has 7 nitrogen and oxygen atoms in total. The molecule has 4 aromatic rings. The fraction of sp³-hybridized carbons (Fsp3) is 0.207. The summed E-state index contributed by atoms with van der Waals surface area (Å²) in [5.41, 5.74) is 2.41. The number of amides is 1. The van der Waals surface area contributed by atoms with Gasteiger partial charge in [-0.25, -0.2) is 9.37 Å². The minimum atomic E-state index is -0.810. The van der Waals surface area contributed by atoms with Gasteiger partial charge in [0.1, 0.15) is 29.2 Å². The lowest BCUT2D eigenvalue weighted by atomic mass is 10.0. The zero-order valence-corrected chi connectivity index (χ0v) is 20.4. The summed E-state index contributed by atoms with van der Waals surface area (Å²) < 4.78 is 24.6. The highest BCUT2D eigenvalue weighted by molar-refractivity contribution is 5.91. The van der Waals surface area contributed by atoms with Crippen LogP contribution in [0.25, 0.3) is 0 Å². The number of nitrogens with one attached hydrogen (secondary N) is 2. The number of H-pyrrole nitrogens is 1. The van der Waals surface area contributed by atoms with Crippen LogP contribution in [-0.4, -0.2) is 34.3 Å². The number of hydrogen-bond acceptors (Lipinski definition) is 5. The second-order valence-corrected chi connectivity index (χ2v) is 8.63. The first kappa shape index (κ1) is 25.8. The first-order chi connectivity index (χ1) is 17.9. The minimum Gasteiger partial charge on any atom is -0.457 e. The van der Waals surface area contributed by atoms with Crippen LogP contribution in [0.4, 0.5) is 4.39 Å². The van der Waals surface area contributed by atoms with Crippen molar-refractivity contribution in [2.75, 3.05) is 6.61 Å². The van der Waals surface area contributed by atoms with E-state index in [1.54, 1.807) is 49.5 Å². The van der Waals surface area contributed by atoms with Crippen molar-refractivity contribution in [2.24, 2.45) is 0 Å². The number of Topliss-reactive ketones (excluding diaryl/α,β-unsaturated/α-hetero) is 1. The molecule has 1 amide bonds. The largest absolute Gasteiger partial charge is 0.457 e. The molecule has 37 heavy (non-hydrogen) atoms. The van der Waals surface area contributed by atoms with Crippen LogP contribution in [0.1, 0.15) is 22.6 Å². The molecule has 4 rings (SSSR count). The number of aromatic nitrogens is 2. The first-order valence-electron chi connectivity index (χ1n) is 11.9. The number of rotatable bonds is 12. The second-order valence-electron chi connectivity index (χ2n) is 8.63. The molecule has 190 valence electrons. The van der Waals surface area contributed by atoms with Gasteiger partial charge in [-0.15, -0.1) is 0 Å². The number of ether oxygens (including phenoxy) is 2. The van der Waals surface area contributed by atoms with E-state index in [-0.39, 0.29) is 37.0 Å². The molecule has 0 bridgehead atoms. The fourth-order valence-electron chi connectivity index (χ4n) is 3.70. The molecular formula is C29H28FN3O4. The van der Waals surface area contributed by atoms with E-state index in [0.29, 0.717) is 29.6 Å². The number of halogens is 1. The number of imidazole rings is 1. The van der Waals surface area contributed by atoms with Crippen LogP contribution in [0.3, 0.4) is 0 Å². The van der Waals surface area contributed by atoms with Gasteiger partial charge in [0.25, 0.3) is 0 Å². The number of aryl methyl sites for hydroxylation is 1. The molecule has 0 fully saturated rings. The summed E-state index contributed by atoms with van der Waals surface area (Å²) in [5.74, 6) is 0.983. The maximum Gasteiger partial charge on any atom is 0.226 e. The average molecular weight is 502 g/mol. The summed E-state index contributed by atoms with van der Waals surface area (Å²) in [5, 5.41) is 2.81. The molecule has 0 aliphatic rings. The Balaban J connectivity index is 1.37. The molecule has 1 heterocycles. The molecule has 3 aromatic carbocycles. The van der Waals surface area contributed by atoms with Gasteiger partial charge >= 0.3 is 0 Å². The Kier molecular flexibility index (Phi) is 8.78. The Hall–Kier alpha value is -4.30. The lowest BCUT2D eigenvalue weighted by Gasteiger charge is -2.18. The molecule has 0 aliphatic carbocycles. The van der Waals surface area contributed by atoms with E-state index in [1.807, 2.05) is 30.3 Å². The second kappa shape index (κ2) is 12.6. The third kappa shape index (κ3) is 8.12. The number of nitrogens with zero attached hydrogens (tertiary/aromatic N) is 1. The standard InChI is InChI=1S/C29H28FN3O4/c1-20-31-17-24(32-20)16-29(35)33-27(19-36-18-22-5-3-2-4-6-22)28(34)15-21-7-11-25(12-8-21)37-26-13-9-23(30)10-14-26/h2-14,17,27H,15-16,18-19H2,1H3,(H,31,32)(H,33,35)/t27-/m0/s1. The third-order valence-corrected chi connectivity index (χ3v) is 5.58. The molecule has 0 spiro atoms. The van der Waals surface area contributed by atoms with E-state index in [9.17, 15) is 14.0 Å². The van der Waals surface area contributed by atoms with Gasteiger partial charge in [-0.3, -0.25) is 9.59 Å². The number of ketones is 1. The summed E-state index contributed by atoms with van der Waals surface area (Å²) in [6.07, 6.45) is 1.80. The van der Waals surface area contributed by atoms with E-state index < -0.39 is 6.04 Å². The number of carbonyl (C=O) groups is 2. The molecule has 2 N–H and O–H groups in total. The molecule has 8 heteroatoms. The van der Waals surface area contributed by atoms with Crippen molar-refractivity contribution in [1.29, 1.82) is 0 Å². The highest BCUT2D eigenvalue weighted by Crippen LogP contribution is 2.22. The van der Waals surface area contributed by atoms with Gasteiger partial charge < -0.3 is 19.8 Å². The number of aromatic amines is 1. The van der Waals surface area contributed by atoms with E-state index >= 15 is 0 Å². The van der Waals surface area contributed by atoms with Crippen molar-refractivity contribution in [3.63, 3.8) is 0 Å². The third-order valence-electron chi connectivity index (χ3n) is 5.58. The fourth-order valence-corrected chi connectivity index (χ4v) is 3.70. The van der Waals surface area contributed by atoms with Crippen molar-refractivity contribution in [2.45, 2.75) is 32.4 Å². The summed E-state index contributed by atoms with van der Waals surface area (Å²) in [4.78, 5) is 33.0. The van der Waals surface area contributed by atoms with Crippen LogP contribution in [0.5, 0.6) is 11.5 Å². The van der Waals surface area contributed by atoms with Crippen LogP contribution < -0.4 is 10.1 Å². The summed E-state index contributed by atoms with van der Waals surface area (Å²) in [7, 11) is 0. The molecule has 0 saturated heterocycles. The van der Waals surface area contributed by atoms with Gasteiger partial charge in [0.15, 0.2) is 5.78 Å². The molecule has 0 aliphatic heterocycles. The SMILES string of the molecule is Cc1ncc(CC(=O)N[C@@H](COCc2ccccc2)C(=O)Cc2ccc(Oc3ccc(F)cc3)cc2)[nH]1. The highest BCUT2D eigenvalue weighted by atomic mass is 19.1. The van der Waals surface area contributed by atoms with E-state index in [2.05, 4.69) is 15.3 Å². The summed E-state index contributed by atoms with van der Waals surface area (Å²) in [6.45, 7) is 2.18. The predicted octanol–water partition coefficient (Wildman–Crippen LogP) is 4.71. The number of carbonyl (C=O) groups excluding carboxylic acids is 2. The Labute approximate surface area is 214 Å². The van der Waals surface area contributed by atoms with Gasteiger partial charge in [0.2, 0.25) is 5.91 Å². The van der Waals surface area contributed by atoms with Crippen LogP contribution in [0.15, 0.2) is 85.1 Å². The van der Waals surface area contributed by atoms with Crippen LogP contribution in [0.2, 0.25) is 0 Å². The minimum absolute atomic E-state index is 0.0488. The predicted molar refractivity (Wildman–Crippen MR) is 137 cm³/mol. The zero-order valence-electron chi connectivity index (χ0n) is 20.4. The Morgan fingerprint density at radius 3 is 2.24 bits per heavy atom. The van der Waals surface area contributed by atoms with Gasteiger partial charge in [-0.2, -0.15) is 0 Å². The van der Waals surface area contributed by atoms with Crippen LogP contribution in [0, 0.1) is 12.7 Å². The first-order valence-corrected chi connectivity index (χ1v) is 11.9. The lowest BCUT2D eigenvalue weighted by molar-refractivity contribution is -0.128. The number of hydrogen-bond donors (Lipinski definition) is 2. The van der Waals surface area contributed by atoms with Crippen molar-refractivity contribution >= 4 is 11.7 Å². The topological polar surface area (TPSA) is 93.3 Å². The van der Waals surface area contributed by atoms with Gasteiger partial charge in [-0.05, 0) is 54.4 Å². The Bertz CT molecular complexity index is 1310. The van der Waals surface area contributed by atoms with Crippen molar-refractivity contribution < 1.29 is 23.5 Å². The molecule has 1 aromatic heterocycles.